The molecular weight excluding hydrogens is 675 g/mol. The molecule has 2 aromatic carbocycles. The van der Waals surface area contributed by atoms with Gasteiger partial charge in [-0.2, -0.15) is 13.2 Å². The second-order valence-corrected chi connectivity index (χ2v) is 13.5. The number of ether oxygens (including phenoxy) is 1. The van der Waals surface area contributed by atoms with Crippen molar-refractivity contribution in [3.8, 4) is 0 Å². The summed E-state index contributed by atoms with van der Waals surface area (Å²) in [6, 6.07) is 7.69. The first kappa shape index (κ1) is 31.2. The van der Waals surface area contributed by atoms with Crippen LogP contribution in [0.4, 0.5) is 28.4 Å². The van der Waals surface area contributed by atoms with Crippen LogP contribution in [0.2, 0.25) is 0 Å². The number of amides is 2. The number of nitrogens with one attached hydrogen (secondary N) is 2. The first-order valence-electron chi connectivity index (χ1n) is 11.4. The molecule has 0 aliphatic carbocycles. The molecule has 1 saturated heterocycles. The summed E-state index contributed by atoms with van der Waals surface area (Å²) in [5, 5.41) is 12.2. The highest BCUT2D eigenvalue weighted by Gasteiger charge is 2.56. The molecular formula is C24H26Br2F3N3O6S. The number of carboxylic acid groups (broad SMARTS) is 1. The second-order valence-electron chi connectivity index (χ2n) is 10.1. The molecule has 2 amide bonds. The molecule has 0 spiro atoms. The van der Waals surface area contributed by atoms with Gasteiger partial charge in [-0.3, -0.25) is 10.2 Å². The largest absolute Gasteiger partial charge is 0.465 e. The lowest BCUT2D eigenvalue weighted by Gasteiger charge is -2.46. The molecule has 214 valence electrons. The van der Waals surface area contributed by atoms with Crippen LogP contribution in [0.1, 0.15) is 32.8 Å². The summed E-state index contributed by atoms with van der Waals surface area (Å²) in [5.41, 5.74) is -3.35. The molecule has 0 radical (unpaired) electrons. The molecule has 3 rings (SSSR count). The number of carbonyl (C=O) groups is 2. The normalized spacial score (nSPS) is 20.1. The molecule has 0 unspecified atom stereocenters. The van der Waals surface area contributed by atoms with Crippen molar-refractivity contribution in [3.05, 3.63) is 57.0 Å². The maximum Gasteiger partial charge on any atom is 0.416 e. The Balaban J connectivity index is 1.83. The second kappa shape index (κ2) is 11.3. The number of hydrogen-bond donors (Lipinski definition) is 3. The predicted molar refractivity (Wildman–Crippen MR) is 144 cm³/mol. The SMILES string of the molecule is CC(C)(C)[C@@]1(COC(=O)Nc2cccc(C(F)(F)F)c2)C[C@@H](NS(=O)(=O)c2cc(Br)ccc2Br)CN1C(=O)O. The summed E-state index contributed by atoms with van der Waals surface area (Å²) in [6.07, 6.45) is -7.09. The van der Waals surface area contributed by atoms with Crippen LogP contribution >= 0.6 is 31.9 Å². The van der Waals surface area contributed by atoms with Gasteiger partial charge in [-0.1, -0.05) is 42.8 Å². The molecule has 2 atom stereocenters. The maximum absolute atomic E-state index is 13.2. The fourth-order valence-corrected chi connectivity index (χ4v) is 7.19. The molecule has 3 N–H and O–H groups in total. The van der Waals surface area contributed by atoms with Crippen molar-refractivity contribution in [2.24, 2.45) is 5.41 Å². The van der Waals surface area contributed by atoms with E-state index in [-0.39, 0.29) is 23.5 Å². The summed E-state index contributed by atoms with van der Waals surface area (Å²) in [6.45, 7) is 4.46. The summed E-state index contributed by atoms with van der Waals surface area (Å²) in [4.78, 5) is 25.8. The van der Waals surface area contributed by atoms with Crippen LogP contribution in [0.5, 0.6) is 0 Å². The van der Waals surface area contributed by atoms with E-state index >= 15 is 0 Å². The van der Waals surface area contributed by atoms with E-state index in [1.807, 2.05) is 0 Å². The van der Waals surface area contributed by atoms with Gasteiger partial charge in [0.25, 0.3) is 0 Å². The van der Waals surface area contributed by atoms with Crippen LogP contribution in [-0.4, -0.2) is 55.3 Å². The van der Waals surface area contributed by atoms with E-state index in [0.717, 1.165) is 23.1 Å². The lowest BCUT2D eigenvalue weighted by atomic mass is 9.72. The van der Waals surface area contributed by atoms with Gasteiger partial charge in [-0.15, -0.1) is 0 Å². The average Bonchev–Trinajstić information content (AvgIpc) is 3.18. The number of hydrogen-bond acceptors (Lipinski definition) is 5. The fourth-order valence-electron chi connectivity index (χ4n) is 4.46. The van der Waals surface area contributed by atoms with Crippen molar-refractivity contribution >= 4 is 59.8 Å². The van der Waals surface area contributed by atoms with E-state index < -0.39 is 57.6 Å². The van der Waals surface area contributed by atoms with Crippen molar-refractivity contribution < 1.29 is 41.0 Å². The molecule has 1 fully saturated rings. The maximum atomic E-state index is 13.2. The number of nitrogens with zero attached hydrogens (tertiary/aromatic N) is 1. The highest BCUT2D eigenvalue weighted by atomic mass is 79.9. The molecule has 9 nitrogen and oxygen atoms in total. The smallest absolute Gasteiger partial charge is 0.416 e. The third-order valence-corrected chi connectivity index (χ3v) is 9.52. The Kier molecular flexibility index (Phi) is 9.00. The first-order valence-corrected chi connectivity index (χ1v) is 14.5. The number of carbonyl (C=O) groups excluding carboxylic acids is 1. The van der Waals surface area contributed by atoms with Crippen molar-refractivity contribution in [1.82, 2.24) is 9.62 Å². The molecule has 0 aromatic heterocycles. The highest BCUT2D eigenvalue weighted by molar-refractivity contribution is 9.11. The van der Waals surface area contributed by atoms with Gasteiger partial charge >= 0.3 is 18.4 Å². The number of rotatable bonds is 6. The van der Waals surface area contributed by atoms with Crippen LogP contribution in [0.3, 0.4) is 0 Å². The number of likely N-dealkylation sites (tertiary alicyclic amines) is 1. The van der Waals surface area contributed by atoms with E-state index in [0.29, 0.717) is 8.95 Å². The minimum absolute atomic E-state index is 0.0372. The van der Waals surface area contributed by atoms with Crippen molar-refractivity contribution in [1.29, 1.82) is 0 Å². The van der Waals surface area contributed by atoms with Gasteiger partial charge in [0.05, 0.1) is 16.0 Å². The Morgan fingerprint density at radius 1 is 1.15 bits per heavy atom. The summed E-state index contributed by atoms with van der Waals surface area (Å²) in [7, 11) is -4.09. The third-order valence-electron chi connectivity index (χ3n) is 6.51. The van der Waals surface area contributed by atoms with Gasteiger partial charge in [0, 0.05) is 27.2 Å². The Hall–Kier alpha value is -2.36. The molecule has 15 heteroatoms. The number of halogens is 5. The molecule has 0 saturated carbocycles. The molecule has 1 heterocycles. The van der Waals surface area contributed by atoms with Crippen LogP contribution in [0.15, 0.2) is 56.3 Å². The molecule has 1 aliphatic heterocycles. The van der Waals surface area contributed by atoms with Crippen LogP contribution in [0, 0.1) is 5.41 Å². The zero-order valence-corrected chi connectivity index (χ0v) is 25.0. The van der Waals surface area contributed by atoms with Gasteiger partial charge < -0.3 is 9.84 Å². The van der Waals surface area contributed by atoms with E-state index in [1.165, 1.54) is 12.1 Å². The number of alkyl halides is 3. The highest BCUT2D eigenvalue weighted by Crippen LogP contribution is 2.44. The zero-order chi connectivity index (χ0) is 29.4. The van der Waals surface area contributed by atoms with E-state index in [1.54, 1.807) is 32.9 Å². The number of sulfonamides is 1. The summed E-state index contributed by atoms with van der Waals surface area (Å²) >= 11 is 6.45. The standard InChI is InChI=1S/C24H26Br2F3N3O6S/c1-22(2,3)23(13-38-20(33)30-16-6-4-5-14(9-16)24(27,28)29)11-17(12-32(23)21(34)35)31-39(36,37)19-10-15(25)7-8-18(19)26/h4-10,17,31H,11-13H2,1-3H3,(H,30,33)(H,34,35)/t17-,23+/m1/s1. The van der Waals surface area contributed by atoms with E-state index in [2.05, 4.69) is 41.9 Å². The minimum Gasteiger partial charge on any atom is -0.465 e. The topological polar surface area (TPSA) is 125 Å². The predicted octanol–water partition coefficient (Wildman–Crippen LogP) is 6.29. The third kappa shape index (κ3) is 7.05. The quantitative estimate of drug-likeness (QED) is 0.325. The van der Waals surface area contributed by atoms with E-state index in [4.69, 9.17) is 4.74 Å². The van der Waals surface area contributed by atoms with Crippen LogP contribution in [-0.2, 0) is 20.9 Å². The van der Waals surface area contributed by atoms with Crippen LogP contribution in [0.25, 0.3) is 0 Å². The molecule has 2 aromatic rings. The Labute approximate surface area is 240 Å². The Morgan fingerprint density at radius 3 is 2.41 bits per heavy atom. The van der Waals surface area contributed by atoms with Crippen LogP contribution < -0.4 is 10.0 Å². The lowest BCUT2D eigenvalue weighted by Crippen LogP contribution is -2.58. The zero-order valence-electron chi connectivity index (χ0n) is 21.0. The lowest BCUT2D eigenvalue weighted by molar-refractivity contribution is -0.137. The van der Waals surface area contributed by atoms with Crippen molar-refractivity contribution in [2.75, 3.05) is 18.5 Å². The number of anilines is 1. The Bertz CT molecular complexity index is 1370. The monoisotopic (exact) mass is 699 g/mol. The molecule has 1 aliphatic rings. The van der Waals surface area contributed by atoms with E-state index in [9.17, 15) is 36.3 Å². The summed E-state index contributed by atoms with van der Waals surface area (Å²) < 4.78 is 74.1. The molecule has 39 heavy (non-hydrogen) atoms. The fraction of sp³-hybridized carbons (Fsp3) is 0.417. The number of benzene rings is 2. The average molecular weight is 701 g/mol. The Morgan fingerprint density at radius 2 is 1.82 bits per heavy atom. The van der Waals surface area contributed by atoms with Gasteiger partial charge in [0.1, 0.15) is 6.61 Å². The van der Waals surface area contributed by atoms with Gasteiger partial charge in [0.15, 0.2) is 0 Å². The van der Waals surface area contributed by atoms with Gasteiger partial charge in [0.2, 0.25) is 10.0 Å². The minimum atomic E-state index is -4.61. The van der Waals surface area contributed by atoms with Crippen molar-refractivity contribution in [3.63, 3.8) is 0 Å². The van der Waals surface area contributed by atoms with Gasteiger partial charge in [-0.05, 0) is 64.2 Å². The van der Waals surface area contributed by atoms with Gasteiger partial charge in [-0.25, -0.2) is 22.7 Å². The van der Waals surface area contributed by atoms with Crippen molar-refractivity contribution in [2.45, 2.75) is 49.8 Å². The first-order chi connectivity index (χ1) is 17.9. The summed E-state index contributed by atoms with van der Waals surface area (Å²) in [5.74, 6) is 0. The molecule has 0 bridgehead atoms.